The van der Waals surface area contributed by atoms with Crippen molar-refractivity contribution in [2.75, 3.05) is 32.8 Å². The molecule has 12 heteroatoms. The lowest BCUT2D eigenvalue weighted by Gasteiger charge is -2.23. The van der Waals surface area contributed by atoms with Crippen LogP contribution in [0, 0.1) is 0 Å². The molecule has 2 aliphatic heterocycles. The number of fused-ring (bicyclic) bond motifs is 1. The van der Waals surface area contributed by atoms with E-state index in [1.165, 1.54) is 6.92 Å². The Labute approximate surface area is 221 Å². The molecule has 2 heterocycles. The first-order valence-electron chi connectivity index (χ1n) is 13.1. The zero-order chi connectivity index (χ0) is 27.5. The summed E-state index contributed by atoms with van der Waals surface area (Å²) in [5.74, 6) is -1.62. The van der Waals surface area contributed by atoms with E-state index in [0.717, 1.165) is 6.42 Å². The van der Waals surface area contributed by atoms with Gasteiger partial charge in [-0.05, 0) is 44.7 Å². The van der Waals surface area contributed by atoms with Gasteiger partial charge in [0.05, 0.1) is 18.3 Å². The Morgan fingerprint density at radius 2 is 1.95 bits per heavy atom. The third kappa shape index (κ3) is 8.44. The molecule has 0 aromatic heterocycles. The number of hydrogen-bond acceptors (Lipinski definition) is 7. The quantitative estimate of drug-likeness (QED) is 0.307. The van der Waals surface area contributed by atoms with Gasteiger partial charge in [-0.15, -0.1) is 0 Å². The number of para-hydroxylation sites is 1. The number of amides is 5. The Bertz CT molecular complexity index is 1020. The Morgan fingerprint density at radius 1 is 1.16 bits per heavy atom. The molecular weight excluding hydrogens is 494 g/mol. The molecule has 0 unspecified atom stereocenters. The Hall–Kier alpha value is -3.67. The lowest BCUT2D eigenvalue weighted by atomic mass is 10.1. The molecule has 0 saturated carbocycles. The van der Waals surface area contributed by atoms with Crippen LogP contribution in [0.3, 0.4) is 0 Å². The van der Waals surface area contributed by atoms with Gasteiger partial charge in [-0.25, -0.2) is 0 Å². The van der Waals surface area contributed by atoms with Gasteiger partial charge in [0, 0.05) is 39.0 Å². The lowest BCUT2D eigenvalue weighted by molar-refractivity contribution is -0.132. The molecule has 5 N–H and O–H groups in total. The summed E-state index contributed by atoms with van der Waals surface area (Å²) < 4.78 is 5.75. The summed E-state index contributed by atoms with van der Waals surface area (Å²) in [5.41, 5.74) is 0.243. The minimum absolute atomic E-state index is 0.0365. The number of likely N-dealkylation sites (tertiary alicyclic amines) is 1. The molecule has 1 fully saturated rings. The fourth-order valence-corrected chi connectivity index (χ4v) is 4.33. The van der Waals surface area contributed by atoms with Gasteiger partial charge in [0.2, 0.25) is 23.6 Å². The molecule has 1 aromatic rings. The van der Waals surface area contributed by atoms with Crippen molar-refractivity contribution < 1.29 is 33.8 Å². The molecule has 1 saturated heterocycles. The SMILES string of the molecule is C[C@@H](O)[C@@H]1NC(=O)CC[C@@H](C(=O)NCCCN2CCCC2=O)NC(=O)c2ccccc2OCCCNC1=O. The molecule has 0 bridgehead atoms. The standard InChI is InChI=1S/C26H37N5O7/c1-17(32)23-26(37)28-13-6-16-38-20-8-3-2-7-18(20)24(35)29-19(10-11-21(33)30-23)25(36)27-12-5-15-31-14-4-9-22(31)34/h2-3,7-8,17,19,23,32H,4-6,9-16H2,1H3,(H,27,36)(H,28,37)(H,29,35)(H,30,33)/t17-,19+,23+/m1/s1. The van der Waals surface area contributed by atoms with Crippen LogP contribution < -0.4 is 26.0 Å². The van der Waals surface area contributed by atoms with Crippen molar-refractivity contribution in [1.29, 1.82) is 0 Å². The fourth-order valence-electron chi connectivity index (χ4n) is 4.33. The summed E-state index contributed by atoms with van der Waals surface area (Å²) in [6, 6.07) is 4.42. The molecule has 0 aliphatic carbocycles. The number of aliphatic hydroxyl groups excluding tert-OH is 1. The van der Waals surface area contributed by atoms with Gasteiger partial charge in [-0.3, -0.25) is 24.0 Å². The van der Waals surface area contributed by atoms with Gasteiger partial charge < -0.3 is 36.0 Å². The molecular formula is C26H37N5O7. The highest BCUT2D eigenvalue weighted by Gasteiger charge is 2.28. The van der Waals surface area contributed by atoms with Crippen molar-refractivity contribution in [3.8, 4) is 5.75 Å². The molecule has 12 nitrogen and oxygen atoms in total. The van der Waals surface area contributed by atoms with E-state index in [1.807, 2.05) is 0 Å². The third-order valence-corrected chi connectivity index (χ3v) is 6.45. The number of nitrogens with zero attached hydrogens (tertiary/aromatic N) is 1. The highest BCUT2D eigenvalue weighted by molar-refractivity contribution is 5.99. The Balaban J connectivity index is 1.70. The highest BCUT2D eigenvalue weighted by Crippen LogP contribution is 2.19. The first-order valence-corrected chi connectivity index (χ1v) is 13.1. The number of carbonyl (C=O) groups is 5. The number of hydrogen-bond donors (Lipinski definition) is 5. The maximum Gasteiger partial charge on any atom is 0.255 e. The second-order valence-corrected chi connectivity index (χ2v) is 9.47. The van der Waals surface area contributed by atoms with Gasteiger partial charge in [-0.1, -0.05) is 12.1 Å². The lowest BCUT2D eigenvalue weighted by Crippen LogP contribution is -2.53. The number of nitrogens with one attached hydrogen (secondary N) is 4. The van der Waals surface area contributed by atoms with Crippen molar-refractivity contribution in [2.45, 2.75) is 63.6 Å². The molecule has 0 radical (unpaired) electrons. The molecule has 5 amide bonds. The van der Waals surface area contributed by atoms with Gasteiger partial charge in [0.15, 0.2) is 0 Å². The van der Waals surface area contributed by atoms with Crippen LogP contribution in [0.5, 0.6) is 5.75 Å². The predicted molar refractivity (Wildman–Crippen MR) is 137 cm³/mol. The largest absolute Gasteiger partial charge is 0.493 e. The van der Waals surface area contributed by atoms with E-state index in [-0.39, 0.29) is 37.5 Å². The Kier molecular flexibility index (Phi) is 10.9. The van der Waals surface area contributed by atoms with Gasteiger partial charge in [-0.2, -0.15) is 0 Å². The van der Waals surface area contributed by atoms with Gasteiger partial charge in [0.25, 0.3) is 5.91 Å². The number of carbonyl (C=O) groups excluding carboxylic acids is 5. The van der Waals surface area contributed by atoms with E-state index in [2.05, 4.69) is 21.3 Å². The average Bonchev–Trinajstić information content (AvgIpc) is 3.30. The molecule has 208 valence electrons. The molecule has 3 atom stereocenters. The van der Waals surface area contributed by atoms with E-state index in [9.17, 15) is 29.1 Å². The first kappa shape index (κ1) is 28.9. The van der Waals surface area contributed by atoms with Gasteiger partial charge in [0.1, 0.15) is 17.8 Å². The van der Waals surface area contributed by atoms with E-state index >= 15 is 0 Å². The normalized spacial score (nSPS) is 22.4. The highest BCUT2D eigenvalue weighted by atomic mass is 16.5. The van der Waals surface area contributed by atoms with Crippen LogP contribution >= 0.6 is 0 Å². The molecule has 1 aromatic carbocycles. The smallest absolute Gasteiger partial charge is 0.255 e. The second-order valence-electron chi connectivity index (χ2n) is 9.47. The molecule has 2 aliphatic rings. The minimum atomic E-state index is -1.16. The summed E-state index contributed by atoms with van der Waals surface area (Å²) in [6.07, 6.45) is 1.02. The molecule has 38 heavy (non-hydrogen) atoms. The summed E-state index contributed by atoms with van der Waals surface area (Å²) >= 11 is 0. The van der Waals surface area contributed by atoms with Crippen LogP contribution in [0.25, 0.3) is 0 Å². The van der Waals surface area contributed by atoms with E-state index in [1.54, 1.807) is 29.2 Å². The van der Waals surface area contributed by atoms with E-state index in [4.69, 9.17) is 4.74 Å². The van der Waals surface area contributed by atoms with Crippen LogP contribution in [-0.4, -0.2) is 90.5 Å². The maximum absolute atomic E-state index is 13.1. The van der Waals surface area contributed by atoms with Crippen LogP contribution in [0.4, 0.5) is 0 Å². The summed E-state index contributed by atoms with van der Waals surface area (Å²) in [4.78, 5) is 64.8. The third-order valence-electron chi connectivity index (χ3n) is 6.45. The molecule has 0 spiro atoms. The number of aliphatic hydroxyl groups is 1. The topological polar surface area (TPSA) is 166 Å². The zero-order valence-electron chi connectivity index (χ0n) is 21.7. The van der Waals surface area contributed by atoms with Crippen LogP contribution in [-0.2, 0) is 19.2 Å². The van der Waals surface area contributed by atoms with Crippen molar-refractivity contribution in [3.63, 3.8) is 0 Å². The number of rotatable bonds is 6. The van der Waals surface area contributed by atoms with Gasteiger partial charge >= 0.3 is 0 Å². The monoisotopic (exact) mass is 531 g/mol. The predicted octanol–water partition coefficient (Wildman–Crippen LogP) is -0.542. The van der Waals surface area contributed by atoms with Crippen molar-refractivity contribution >= 4 is 29.5 Å². The summed E-state index contributed by atoms with van der Waals surface area (Å²) in [6.45, 7) is 3.40. The fraction of sp³-hybridized carbons (Fsp3) is 0.577. The number of ether oxygens (including phenoxy) is 1. The van der Waals surface area contributed by atoms with Crippen LogP contribution in [0.15, 0.2) is 24.3 Å². The zero-order valence-corrected chi connectivity index (χ0v) is 21.7. The maximum atomic E-state index is 13.1. The van der Waals surface area contributed by atoms with E-state index < -0.39 is 41.8 Å². The number of benzene rings is 1. The van der Waals surface area contributed by atoms with E-state index in [0.29, 0.717) is 44.6 Å². The first-order chi connectivity index (χ1) is 18.3. The average molecular weight is 532 g/mol. The second kappa shape index (κ2) is 14.3. The van der Waals surface area contributed by atoms with Crippen LogP contribution in [0.2, 0.25) is 0 Å². The van der Waals surface area contributed by atoms with Crippen molar-refractivity contribution in [1.82, 2.24) is 26.2 Å². The minimum Gasteiger partial charge on any atom is -0.493 e. The van der Waals surface area contributed by atoms with Crippen LogP contribution in [0.1, 0.15) is 55.8 Å². The summed E-state index contributed by atoms with van der Waals surface area (Å²) in [5, 5.41) is 20.7. The molecule has 3 rings (SSSR count). The summed E-state index contributed by atoms with van der Waals surface area (Å²) in [7, 11) is 0. The van der Waals surface area contributed by atoms with Crippen molar-refractivity contribution in [2.24, 2.45) is 0 Å². The Morgan fingerprint density at radius 3 is 2.68 bits per heavy atom. The van der Waals surface area contributed by atoms with Crippen molar-refractivity contribution in [3.05, 3.63) is 29.8 Å².